The number of aromatic amines is 1. The number of hydrogen-bond donors (Lipinski definition) is 2. The molecule has 0 aromatic carbocycles. The molecule has 0 aliphatic carbocycles. The SMILES string of the molecule is CCN1CCN([C@@H](C)c2ccc(-n3cc(F)cn3)nc2)C(=O)C12CCN(c1nc(C)cc(Nc3cc(C)[nH]n3)n1)CC2. The smallest absolute Gasteiger partial charge is 0.243 e. The van der Waals surface area contributed by atoms with Crippen molar-refractivity contribution in [2.45, 2.75) is 52.1 Å². The number of halogens is 1. The Morgan fingerprint density at radius 2 is 1.88 bits per heavy atom. The highest BCUT2D eigenvalue weighted by molar-refractivity contribution is 5.88. The van der Waals surface area contributed by atoms with Crippen LogP contribution in [0.2, 0.25) is 0 Å². The molecular formula is C29H36FN11O. The number of rotatable bonds is 7. The third kappa shape index (κ3) is 5.20. The molecule has 2 N–H and O–H groups in total. The number of H-pyrrole nitrogens is 1. The number of amides is 1. The summed E-state index contributed by atoms with van der Waals surface area (Å²) >= 11 is 0. The summed E-state index contributed by atoms with van der Waals surface area (Å²) in [6.07, 6.45) is 5.55. The fourth-order valence-corrected chi connectivity index (χ4v) is 6.14. The summed E-state index contributed by atoms with van der Waals surface area (Å²) < 4.78 is 14.8. The van der Waals surface area contributed by atoms with Crippen LogP contribution in [-0.2, 0) is 4.79 Å². The zero-order valence-electron chi connectivity index (χ0n) is 24.4. The molecular weight excluding hydrogens is 537 g/mol. The van der Waals surface area contributed by atoms with E-state index in [4.69, 9.17) is 9.97 Å². The monoisotopic (exact) mass is 573 g/mol. The van der Waals surface area contributed by atoms with E-state index in [1.165, 1.54) is 10.9 Å². The van der Waals surface area contributed by atoms with Gasteiger partial charge in [-0.25, -0.2) is 19.0 Å². The second-order valence-electron chi connectivity index (χ2n) is 11.1. The summed E-state index contributed by atoms with van der Waals surface area (Å²) in [5.74, 6) is 2.30. The fraction of sp³-hybridized carbons (Fsp3) is 0.448. The van der Waals surface area contributed by atoms with Crippen LogP contribution >= 0.6 is 0 Å². The zero-order valence-corrected chi connectivity index (χ0v) is 24.4. The van der Waals surface area contributed by atoms with Gasteiger partial charge in [0.2, 0.25) is 11.9 Å². The van der Waals surface area contributed by atoms with Crippen molar-refractivity contribution in [1.82, 2.24) is 44.7 Å². The molecule has 2 fully saturated rings. The molecule has 2 aliphatic heterocycles. The first-order chi connectivity index (χ1) is 20.3. The number of hydrogen-bond acceptors (Lipinski definition) is 9. The minimum atomic E-state index is -0.574. The van der Waals surface area contributed by atoms with Crippen molar-refractivity contribution in [2.75, 3.05) is 42.9 Å². The first-order valence-electron chi connectivity index (χ1n) is 14.4. The van der Waals surface area contributed by atoms with Gasteiger partial charge in [0.1, 0.15) is 11.4 Å². The molecule has 4 aromatic rings. The average Bonchev–Trinajstić information content (AvgIpc) is 3.61. The van der Waals surface area contributed by atoms with E-state index in [0.29, 0.717) is 55.9 Å². The van der Waals surface area contributed by atoms with Crippen LogP contribution in [0, 0.1) is 19.7 Å². The van der Waals surface area contributed by atoms with Gasteiger partial charge >= 0.3 is 0 Å². The molecule has 1 amide bonds. The number of aryl methyl sites for hydroxylation is 2. The molecule has 220 valence electrons. The van der Waals surface area contributed by atoms with Crippen molar-refractivity contribution in [1.29, 1.82) is 0 Å². The lowest BCUT2D eigenvalue weighted by molar-refractivity contribution is -0.156. The quantitative estimate of drug-likeness (QED) is 0.342. The minimum absolute atomic E-state index is 0.151. The molecule has 2 saturated heterocycles. The lowest BCUT2D eigenvalue weighted by Gasteiger charge is -2.53. The fourth-order valence-electron chi connectivity index (χ4n) is 6.14. The van der Waals surface area contributed by atoms with Gasteiger partial charge < -0.3 is 15.1 Å². The topological polar surface area (TPSA) is 124 Å². The van der Waals surface area contributed by atoms with Crippen LogP contribution in [0.4, 0.5) is 22.0 Å². The number of carbonyl (C=O) groups is 1. The molecule has 12 nitrogen and oxygen atoms in total. The lowest BCUT2D eigenvalue weighted by atomic mass is 9.81. The van der Waals surface area contributed by atoms with Gasteiger partial charge in [-0.2, -0.15) is 15.2 Å². The Balaban J connectivity index is 1.17. The summed E-state index contributed by atoms with van der Waals surface area (Å²) in [7, 11) is 0. The number of carbonyl (C=O) groups excluding carboxylic acids is 1. The Morgan fingerprint density at radius 1 is 1.07 bits per heavy atom. The predicted octanol–water partition coefficient (Wildman–Crippen LogP) is 3.54. The van der Waals surface area contributed by atoms with Gasteiger partial charge in [-0.1, -0.05) is 13.0 Å². The normalized spacial score (nSPS) is 18.1. The Morgan fingerprint density at radius 3 is 2.52 bits per heavy atom. The Labute approximate surface area is 244 Å². The average molecular weight is 574 g/mol. The second-order valence-corrected chi connectivity index (χ2v) is 11.1. The van der Waals surface area contributed by atoms with E-state index in [1.807, 2.05) is 43.9 Å². The number of piperazine rings is 1. The summed E-state index contributed by atoms with van der Waals surface area (Å²) in [4.78, 5) is 34.7. The third-order valence-electron chi connectivity index (χ3n) is 8.44. The highest BCUT2D eigenvalue weighted by atomic mass is 19.1. The minimum Gasteiger partial charge on any atom is -0.341 e. The molecule has 4 aromatic heterocycles. The lowest BCUT2D eigenvalue weighted by Crippen LogP contribution is -2.69. The van der Waals surface area contributed by atoms with Gasteiger partial charge in [0.15, 0.2) is 17.5 Å². The molecule has 0 unspecified atom stereocenters. The number of pyridine rings is 1. The van der Waals surface area contributed by atoms with Gasteiger partial charge in [-0.3, -0.25) is 14.8 Å². The third-order valence-corrected chi connectivity index (χ3v) is 8.44. The van der Waals surface area contributed by atoms with Crippen molar-refractivity contribution in [3.05, 3.63) is 65.6 Å². The zero-order chi connectivity index (χ0) is 29.4. The number of piperidine rings is 1. The molecule has 0 radical (unpaired) electrons. The molecule has 6 heterocycles. The Bertz CT molecular complexity index is 1560. The maximum absolute atomic E-state index is 14.3. The van der Waals surface area contributed by atoms with Crippen LogP contribution in [0.3, 0.4) is 0 Å². The summed E-state index contributed by atoms with van der Waals surface area (Å²) in [6.45, 7) is 11.7. The standard InChI is InChI=1S/C29H36FN11O/c1-5-39-12-13-40(21(4)22-6-7-26(31-16-22)41-18-23(30)17-32-41)27(42)29(39)8-10-38(11-9-29)28-33-19(2)14-24(35-28)34-25-15-20(3)36-37-25/h6-7,14-18,21H,5,8-13H2,1-4H3,(H2,33,34,35,36,37)/t21-/m0/s1. The molecule has 42 heavy (non-hydrogen) atoms. The van der Waals surface area contributed by atoms with Crippen LogP contribution in [0.15, 0.2) is 42.9 Å². The van der Waals surface area contributed by atoms with Crippen molar-refractivity contribution < 1.29 is 9.18 Å². The molecule has 1 spiro atoms. The van der Waals surface area contributed by atoms with Gasteiger partial charge in [0.25, 0.3) is 0 Å². The summed E-state index contributed by atoms with van der Waals surface area (Å²) in [5.41, 5.74) is 2.17. The number of nitrogens with one attached hydrogen (secondary N) is 2. The van der Waals surface area contributed by atoms with Crippen LogP contribution in [0.1, 0.15) is 49.7 Å². The van der Waals surface area contributed by atoms with Gasteiger partial charge in [-0.05, 0) is 51.8 Å². The van der Waals surface area contributed by atoms with E-state index in [0.717, 1.165) is 36.2 Å². The molecule has 1 atom stereocenters. The van der Waals surface area contributed by atoms with Crippen LogP contribution in [0.25, 0.3) is 5.82 Å². The van der Waals surface area contributed by atoms with E-state index in [9.17, 15) is 9.18 Å². The number of likely N-dealkylation sites (N-methyl/N-ethyl adjacent to an activating group) is 1. The first-order valence-corrected chi connectivity index (χ1v) is 14.4. The van der Waals surface area contributed by atoms with Crippen molar-refractivity contribution >= 4 is 23.5 Å². The molecule has 13 heteroatoms. The molecule has 6 rings (SSSR count). The number of aromatic nitrogens is 7. The van der Waals surface area contributed by atoms with Crippen molar-refractivity contribution in [3.63, 3.8) is 0 Å². The maximum atomic E-state index is 14.3. The largest absolute Gasteiger partial charge is 0.341 e. The highest BCUT2D eigenvalue weighted by Gasteiger charge is 2.51. The van der Waals surface area contributed by atoms with Gasteiger partial charge in [-0.15, -0.1) is 0 Å². The summed E-state index contributed by atoms with van der Waals surface area (Å²) in [5, 5.41) is 14.4. The van der Waals surface area contributed by atoms with Crippen LogP contribution < -0.4 is 10.2 Å². The molecule has 2 aliphatic rings. The maximum Gasteiger partial charge on any atom is 0.243 e. The second kappa shape index (κ2) is 11.1. The predicted molar refractivity (Wildman–Crippen MR) is 156 cm³/mol. The Kier molecular flexibility index (Phi) is 7.35. The highest BCUT2D eigenvalue weighted by Crippen LogP contribution is 2.37. The van der Waals surface area contributed by atoms with E-state index in [-0.39, 0.29) is 11.9 Å². The van der Waals surface area contributed by atoms with Crippen LogP contribution in [-0.4, -0.2) is 88.9 Å². The van der Waals surface area contributed by atoms with E-state index in [2.05, 4.69) is 42.3 Å². The number of nitrogens with zero attached hydrogens (tertiary/aromatic N) is 9. The van der Waals surface area contributed by atoms with E-state index >= 15 is 0 Å². The van der Waals surface area contributed by atoms with E-state index in [1.54, 1.807) is 12.3 Å². The van der Waals surface area contributed by atoms with Crippen molar-refractivity contribution in [2.24, 2.45) is 0 Å². The molecule has 0 saturated carbocycles. The number of anilines is 3. The van der Waals surface area contributed by atoms with Gasteiger partial charge in [0.05, 0.1) is 18.4 Å². The molecule has 0 bridgehead atoms. The first kappa shape index (κ1) is 27.8. The van der Waals surface area contributed by atoms with E-state index < -0.39 is 11.4 Å². The van der Waals surface area contributed by atoms with Crippen molar-refractivity contribution in [3.8, 4) is 5.82 Å². The Hall–Kier alpha value is -4.39. The van der Waals surface area contributed by atoms with Crippen LogP contribution in [0.5, 0.6) is 0 Å². The summed E-state index contributed by atoms with van der Waals surface area (Å²) in [6, 6.07) is 7.41. The van der Waals surface area contributed by atoms with Gasteiger partial charge in [0, 0.05) is 55.9 Å².